The first-order chi connectivity index (χ1) is 9.04. The molecule has 1 heterocycles. The van der Waals surface area contributed by atoms with E-state index >= 15 is 0 Å². The lowest BCUT2D eigenvalue weighted by Crippen LogP contribution is -2.49. The van der Waals surface area contributed by atoms with Crippen LogP contribution in [-0.4, -0.2) is 32.5 Å². The highest BCUT2D eigenvalue weighted by Gasteiger charge is 2.48. The van der Waals surface area contributed by atoms with Gasteiger partial charge < -0.3 is 10.1 Å². The van der Waals surface area contributed by atoms with Crippen LogP contribution in [0.1, 0.15) is 38.5 Å². The summed E-state index contributed by atoms with van der Waals surface area (Å²) in [5.74, 6) is -1.06. The minimum absolute atomic E-state index is 0.0178. The Balaban J connectivity index is 2.09. The Morgan fingerprint density at radius 1 is 1.05 bits per heavy atom. The minimum Gasteiger partial charge on any atom is -0.381 e. The summed E-state index contributed by atoms with van der Waals surface area (Å²) in [7, 11) is 1.81. The molecule has 1 aliphatic heterocycles. The van der Waals surface area contributed by atoms with Crippen molar-refractivity contribution in [3.8, 4) is 0 Å². The van der Waals surface area contributed by atoms with E-state index in [-0.39, 0.29) is 12.0 Å². The molecule has 112 valence electrons. The van der Waals surface area contributed by atoms with Crippen LogP contribution in [0.15, 0.2) is 0 Å². The van der Waals surface area contributed by atoms with Crippen LogP contribution >= 0.6 is 0 Å². The standard InChI is InChI=1S/C14H24F3NO/c1-18-13(10-6-8-19-9-7-10)11-4-2-3-5-12(11)14(15,16)17/h10-13,18H,2-9H2,1H3. The molecule has 3 unspecified atom stereocenters. The molecule has 2 nitrogen and oxygen atoms in total. The van der Waals surface area contributed by atoms with Gasteiger partial charge >= 0.3 is 6.18 Å². The van der Waals surface area contributed by atoms with Gasteiger partial charge in [-0.3, -0.25) is 0 Å². The average Bonchev–Trinajstić information content (AvgIpc) is 2.40. The van der Waals surface area contributed by atoms with Crippen molar-refractivity contribution >= 4 is 0 Å². The highest BCUT2D eigenvalue weighted by atomic mass is 19.4. The van der Waals surface area contributed by atoms with Crippen molar-refractivity contribution < 1.29 is 17.9 Å². The highest BCUT2D eigenvalue weighted by Crippen LogP contribution is 2.44. The molecule has 0 aromatic heterocycles. The summed E-state index contributed by atoms with van der Waals surface area (Å²) in [5.41, 5.74) is 0. The molecule has 2 fully saturated rings. The molecule has 2 rings (SSSR count). The summed E-state index contributed by atoms with van der Waals surface area (Å²) >= 11 is 0. The predicted octanol–water partition coefficient (Wildman–Crippen LogP) is 3.37. The van der Waals surface area contributed by atoms with Crippen molar-refractivity contribution in [3.63, 3.8) is 0 Å². The molecule has 1 saturated heterocycles. The van der Waals surface area contributed by atoms with Gasteiger partial charge in [0.1, 0.15) is 0 Å². The first kappa shape index (κ1) is 15.1. The number of halogens is 3. The number of rotatable bonds is 3. The van der Waals surface area contributed by atoms with Gasteiger partial charge in [0.05, 0.1) is 5.92 Å². The molecule has 1 saturated carbocycles. The van der Waals surface area contributed by atoms with E-state index in [9.17, 15) is 13.2 Å². The van der Waals surface area contributed by atoms with E-state index in [0.717, 1.165) is 19.3 Å². The van der Waals surface area contributed by atoms with Gasteiger partial charge in [-0.15, -0.1) is 0 Å². The van der Waals surface area contributed by atoms with Crippen molar-refractivity contribution in [1.82, 2.24) is 5.32 Å². The Bertz CT molecular complexity index is 276. The molecular weight excluding hydrogens is 255 g/mol. The lowest BCUT2D eigenvalue weighted by Gasteiger charge is -2.42. The molecule has 1 N–H and O–H groups in total. The summed E-state index contributed by atoms with van der Waals surface area (Å²) in [6.45, 7) is 1.37. The molecule has 0 aromatic rings. The van der Waals surface area contributed by atoms with Gasteiger partial charge in [-0.2, -0.15) is 13.2 Å². The van der Waals surface area contributed by atoms with E-state index in [1.165, 1.54) is 0 Å². The molecule has 0 radical (unpaired) electrons. The molecule has 0 aromatic carbocycles. The van der Waals surface area contributed by atoms with Gasteiger partial charge in [0.15, 0.2) is 0 Å². The van der Waals surface area contributed by atoms with E-state index < -0.39 is 12.1 Å². The fourth-order valence-electron chi connectivity index (χ4n) is 3.87. The maximum absolute atomic E-state index is 13.2. The van der Waals surface area contributed by atoms with Crippen molar-refractivity contribution in [3.05, 3.63) is 0 Å². The first-order valence-corrected chi connectivity index (χ1v) is 7.35. The van der Waals surface area contributed by atoms with Crippen LogP contribution in [0.4, 0.5) is 13.2 Å². The Morgan fingerprint density at radius 3 is 2.26 bits per heavy atom. The van der Waals surface area contributed by atoms with Gasteiger partial charge in [-0.05, 0) is 44.6 Å². The Kier molecular flexibility index (Phi) is 5.12. The molecule has 5 heteroatoms. The molecule has 19 heavy (non-hydrogen) atoms. The third kappa shape index (κ3) is 3.63. The van der Waals surface area contributed by atoms with Gasteiger partial charge in [-0.25, -0.2) is 0 Å². The zero-order chi connectivity index (χ0) is 13.9. The molecule has 3 atom stereocenters. The lowest BCUT2D eigenvalue weighted by atomic mass is 9.70. The van der Waals surface area contributed by atoms with Crippen LogP contribution < -0.4 is 5.32 Å². The van der Waals surface area contributed by atoms with Crippen LogP contribution in [0.2, 0.25) is 0 Å². The maximum atomic E-state index is 13.2. The van der Waals surface area contributed by atoms with Crippen LogP contribution in [-0.2, 0) is 4.74 Å². The second-order valence-corrected chi connectivity index (χ2v) is 5.86. The monoisotopic (exact) mass is 279 g/mol. The Labute approximate surface area is 113 Å². The summed E-state index contributed by atoms with van der Waals surface area (Å²) in [6, 6.07) is -0.0178. The number of nitrogens with one attached hydrogen (secondary N) is 1. The van der Waals surface area contributed by atoms with E-state index in [1.807, 2.05) is 7.05 Å². The van der Waals surface area contributed by atoms with Crippen molar-refractivity contribution in [2.24, 2.45) is 17.8 Å². The van der Waals surface area contributed by atoms with Crippen LogP contribution in [0.3, 0.4) is 0 Å². The zero-order valence-corrected chi connectivity index (χ0v) is 11.5. The van der Waals surface area contributed by atoms with E-state index in [4.69, 9.17) is 4.74 Å². The smallest absolute Gasteiger partial charge is 0.381 e. The van der Waals surface area contributed by atoms with Gasteiger partial charge in [0.25, 0.3) is 0 Å². The lowest BCUT2D eigenvalue weighted by molar-refractivity contribution is -0.201. The van der Waals surface area contributed by atoms with Crippen LogP contribution in [0.25, 0.3) is 0 Å². The fourth-order valence-corrected chi connectivity index (χ4v) is 3.87. The molecule has 0 spiro atoms. The van der Waals surface area contributed by atoms with Crippen molar-refractivity contribution in [2.75, 3.05) is 20.3 Å². The quantitative estimate of drug-likeness (QED) is 0.855. The summed E-state index contributed by atoms with van der Waals surface area (Å²) in [5, 5.41) is 3.19. The second kappa shape index (κ2) is 6.44. The van der Waals surface area contributed by atoms with Crippen molar-refractivity contribution in [2.45, 2.75) is 50.7 Å². The van der Waals surface area contributed by atoms with Gasteiger partial charge in [0.2, 0.25) is 0 Å². The largest absolute Gasteiger partial charge is 0.392 e. The van der Waals surface area contributed by atoms with E-state index in [2.05, 4.69) is 5.32 Å². The van der Waals surface area contributed by atoms with Gasteiger partial charge in [-0.1, -0.05) is 12.8 Å². The molecule has 0 bridgehead atoms. The molecular formula is C14H24F3NO. The van der Waals surface area contributed by atoms with E-state index in [0.29, 0.717) is 38.4 Å². The third-order valence-electron chi connectivity index (χ3n) is 4.81. The summed E-state index contributed by atoms with van der Waals surface area (Å²) < 4.78 is 44.9. The number of hydrogen-bond donors (Lipinski definition) is 1. The SMILES string of the molecule is CNC(C1CCOCC1)C1CCCCC1C(F)(F)F. The molecule has 1 aliphatic carbocycles. The minimum atomic E-state index is -4.05. The number of ether oxygens (including phenoxy) is 1. The highest BCUT2D eigenvalue weighted by molar-refractivity contribution is 4.91. The Morgan fingerprint density at radius 2 is 1.68 bits per heavy atom. The van der Waals surface area contributed by atoms with Crippen LogP contribution in [0.5, 0.6) is 0 Å². The average molecular weight is 279 g/mol. The first-order valence-electron chi connectivity index (χ1n) is 7.35. The summed E-state index contributed by atoms with van der Waals surface area (Å²) in [6.07, 6.45) is 0.358. The maximum Gasteiger partial charge on any atom is 0.392 e. The van der Waals surface area contributed by atoms with Crippen LogP contribution in [0, 0.1) is 17.8 Å². The molecule has 2 aliphatic rings. The number of alkyl halides is 3. The topological polar surface area (TPSA) is 21.3 Å². The summed E-state index contributed by atoms with van der Waals surface area (Å²) in [4.78, 5) is 0. The Hall–Kier alpha value is -0.290. The normalized spacial score (nSPS) is 32.2. The third-order valence-corrected chi connectivity index (χ3v) is 4.81. The van der Waals surface area contributed by atoms with Gasteiger partial charge in [0, 0.05) is 19.3 Å². The predicted molar refractivity (Wildman–Crippen MR) is 67.9 cm³/mol. The molecule has 0 amide bonds. The van der Waals surface area contributed by atoms with E-state index in [1.54, 1.807) is 0 Å². The zero-order valence-electron chi connectivity index (χ0n) is 11.5. The second-order valence-electron chi connectivity index (χ2n) is 5.86. The van der Waals surface area contributed by atoms with Crippen molar-refractivity contribution in [1.29, 1.82) is 0 Å². The number of hydrogen-bond acceptors (Lipinski definition) is 2. The fraction of sp³-hybridized carbons (Fsp3) is 1.00.